The van der Waals surface area contributed by atoms with E-state index in [0.29, 0.717) is 36.2 Å². The molecule has 0 saturated heterocycles. The van der Waals surface area contributed by atoms with Gasteiger partial charge in [0.25, 0.3) is 0 Å². The fourth-order valence-corrected chi connectivity index (χ4v) is 3.22. The minimum Gasteiger partial charge on any atom is -0.504 e. The fourth-order valence-electron chi connectivity index (χ4n) is 3.22. The zero-order chi connectivity index (χ0) is 18.0. The summed E-state index contributed by atoms with van der Waals surface area (Å²) >= 11 is 0. The molecule has 0 radical (unpaired) electrons. The van der Waals surface area contributed by atoms with Crippen molar-refractivity contribution in [3.05, 3.63) is 41.0 Å². The fraction of sp³-hybridized carbons (Fsp3) is 0.368. The van der Waals surface area contributed by atoms with E-state index in [-0.39, 0.29) is 11.7 Å². The van der Waals surface area contributed by atoms with E-state index in [1.807, 2.05) is 18.2 Å². The number of benzene rings is 2. The molecule has 0 aliphatic carbocycles. The van der Waals surface area contributed by atoms with Crippen molar-refractivity contribution >= 4 is 0 Å². The molecule has 25 heavy (non-hydrogen) atoms. The van der Waals surface area contributed by atoms with Crippen molar-refractivity contribution in [3.63, 3.8) is 0 Å². The summed E-state index contributed by atoms with van der Waals surface area (Å²) in [7, 11) is 6.28. The highest BCUT2D eigenvalue weighted by Gasteiger charge is 2.28. The highest BCUT2D eigenvalue weighted by molar-refractivity contribution is 5.58. The number of ether oxygens (including phenoxy) is 5. The maximum atomic E-state index is 10.4. The van der Waals surface area contributed by atoms with Gasteiger partial charge in [-0.3, -0.25) is 0 Å². The van der Waals surface area contributed by atoms with Crippen LogP contribution in [0.2, 0.25) is 0 Å². The van der Waals surface area contributed by atoms with Gasteiger partial charge in [-0.15, -0.1) is 0 Å². The summed E-state index contributed by atoms with van der Waals surface area (Å²) in [4.78, 5) is 0. The van der Waals surface area contributed by atoms with Crippen molar-refractivity contribution in [2.75, 3.05) is 35.0 Å². The molecule has 0 spiro atoms. The van der Waals surface area contributed by atoms with E-state index in [9.17, 15) is 5.11 Å². The van der Waals surface area contributed by atoms with E-state index in [4.69, 9.17) is 23.7 Å². The first-order valence-electron chi connectivity index (χ1n) is 7.90. The number of rotatable bonds is 5. The van der Waals surface area contributed by atoms with Gasteiger partial charge < -0.3 is 28.8 Å². The second-order valence-corrected chi connectivity index (χ2v) is 5.71. The number of fused-ring (bicyclic) bond motifs is 1. The Labute approximate surface area is 146 Å². The third-order valence-electron chi connectivity index (χ3n) is 4.50. The smallest absolute Gasteiger partial charge is 0.203 e. The van der Waals surface area contributed by atoms with Crippen LogP contribution in [0, 0.1) is 0 Å². The number of hydrogen-bond donors (Lipinski definition) is 1. The molecule has 0 fully saturated rings. The first-order chi connectivity index (χ1) is 12.1. The molecule has 1 atom stereocenters. The molecule has 1 heterocycles. The van der Waals surface area contributed by atoms with Crippen LogP contribution in [-0.2, 0) is 11.3 Å². The Balaban J connectivity index is 2.12. The first kappa shape index (κ1) is 17.2. The largest absolute Gasteiger partial charge is 0.504 e. The van der Waals surface area contributed by atoms with Crippen molar-refractivity contribution in [1.29, 1.82) is 0 Å². The summed E-state index contributed by atoms with van der Waals surface area (Å²) in [6.07, 6.45) is 0. The van der Waals surface area contributed by atoms with Crippen LogP contribution in [-0.4, -0.2) is 40.2 Å². The molecule has 0 amide bonds. The van der Waals surface area contributed by atoms with Gasteiger partial charge in [0, 0.05) is 11.5 Å². The van der Waals surface area contributed by atoms with Gasteiger partial charge in [-0.1, -0.05) is 6.07 Å². The Kier molecular flexibility index (Phi) is 4.90. The number of methoxy groups -OCH3 is 4. The normalized spacial score (nSPS) is 16.1. The van der Waals surface area contributed by atoms with Gasteiger partial charge in [0.2, 0.25) is 5.75 Å². The quantitative estimate of drug-likeness (QED) is 0.897. The third kappa shape index (κ3) is 2.93. The predicted octanol–water partition coefficient (Wildman–Crippen LogP) is 3.09. The van der Waals surface area contributed by atoms with E-state index in [0.717, 1.165) is 16.7 Å². The van der Waals surface area contributed by atoms with Gasteiger partial charge in [-0.05, 0) is 29.3 Å². The standard InChI is InChI=1S/C19H22O6/c1-21-15-6-5-12-13(9-25-10-14(12)18(15)20)11-7-16(22-2)19(24-4)17(8-11)23-3/h5-8,13,20H,9-10H2,1-4H3/t13-/m1/s1. The van der Waals surface area contributed by atoms with Gasteiger partial charge in [0.1, 0.15) is 0 Å². The van der Waals surface area contributed by atoms with Crippen LogP contribution in [0.4, 0.5) is 0 Å². The Morgan fingerprint density at radius 1 is 0.920 bits per heavy atom. The van der Waals surface area contributed by atoms with Crippen LogP contribution >= 0.6 is 0 Å². The van der Waals surface area contributed by atoms with Gasteiger partial charge >= 0.3 is 0 Å². The molecule has 134 valence electrons. The molecule has 0 bridgehead atoms. The zero-order valence-electron chi connectivity index (χ0n) is 14.8. The van der Waals surface area contributed by atoms with Crippen LogP contribution in [0.5, 0.6) is 28.7 Å². The lowest BCUT2D eigenvalue weighted by Crippen LogP contribution is -2.18. The van der Waals surface area contributed by atoms with Crippen LogP contribution in [0.3, 0.4) is 0 Å². The average molecular weight is 346 g/mol. The number of phenols is 1. The molecule has 2 aromatic rings. The lowest BCUT2D eigenvalue weighted by Gasteiger charge is -2.28. The predicted molar refractivity (Wildman–Crippen MR) is 92.3 cm³/mol. The monoisotopic (exact) mass is 346 g/mol. The summed E-state index contributed by atoms with van der Waals surface area (Å²) in [6.45, 7) is 0.844. The molecular formula is C19H22O6. The van der Waals surface area contributed by atoms with Gasteiger partial charge in [0.15, 0.2) is 23.0 Å². The highest BCUT2D eigenvalue weighted by atomic mass is 16.5. The highest BCUT2D eigenvalue weighted by Crippen LogP contribution is 2.45. The second kappa shape index (κ2) is 7.11. The maximum Gasteiger partial charge on any atom is 0.203 e. The molecule has 1 aliphatic rings. The summed E-state index contributed by atoms with van der Waals surface area (Å²) in [6, 6.07) is 7.55. The summed E-state index contributed by atoms with van der Waals surface area (Å²) < 4.78 is 27.2. The Bertz CT molecular complexity index is 746. The van der Waals surface area contributed by atoms with Crippen molar-refractivity contribution in [3.8, 4) is 28.7 Å². The third-order valence-corrected chi connectivity index (χ3v) is 4.50. The second-order valence-electron chi connectivity index (χ2n) is 5.71. The van der Waals surface area contributed by atoms with Crippen molar-refractivity contribution < 1.29 is 28.8 Å². The molecule has 6 heteroatoms. The van der Waals surface area contributed by atoms with Crippen LogP contribution in [0.1, 0.15) is 22.6 Å². The van der Waals surface area contributed by atoms with E-state index in [2.05, 4.69) is 0 Å². The summed E-state index contributed by atoms with van der Waals surface area (Å²) in [5.74, 6) is 2.21. The van der Waals surface area contributed by atoms with E-state index >= 15 is 0 Å². The minimum absolute atomic E-state index is 0.0609. The lowest BCUT2D eigenvalue weighted by molar-refractivity contribution is 0.0967. The summed E-state index contributed by atoms with van der Waals surface area (Å²) in [5, 5.41) is 10.4. The molecule has 0 aromatic heterocycles. The zero-order valence-corrected chi connectivity index (χ0v) is 14.8. The molecule has 0 saturated carbocycles. The number of hydrogen-bond acceptors (Lipinski definition) is 6. The molecule has 0 unspecified atom stereocenters. The SMILES string of the molecule is COc1ccc2c(c1O)COC[C@@H]2c1cc(OC)c(OC)c(OC)c1. The Hall–Kier alpha value is -2.60. The molecule has 2 aromatic carbocycles. The Morgan fingerprint density at radius 2 is 1.56 bits per heavy atom. The van der Waals surface area contributed by atoms with Crippen molar-refractivity contribution in [2.45, 2.75) is 12.5 Å². The molecule has 3 rings (SSSR count). The average Bonchev–Trinajstić information content (AvgIpc) is 2.66. The van der Waals surface area contributed by atoms with Gasteiger partial charge in [0.05, 0.1) is 41.7 Å². The van der Waals surface area contributed by atoms with Crippen LogP contribution in [0.25, 0.3) is 0 Å². The maximum absolute atomic E-state index is 10.4. The van der Waals surface area contributed by atoms with Gasteiger partial charge in [-0.2, -0.15) is 0 Å². The Morgan fingerprint density at radius 3 is 2.12 bits per heavy atom. The van der Waals surface area contributed by atoms with E-state index in [1.54, 1.807) is 27.4 Å². The van der Waals surface area contributed by atoms with Gasteiger partial charge in [-0.25, -0.2) is 0 Å². The molecule has 1 N–H and O–H groups in total. The lowest BCUT2D eigenvalue weighted by atomic mass is 9.86. The molecule has 6 nitrogen and oxygen atoms in total. The summed E-state index contributed by atoms with van der Waals surface area (Å²) in [5.41, 5.74) is 2.70. The molecule has 1 aliphatic heterocycles. The van der Waals surface area contributed by atoms with Crippen molar-refractivity contribution in [1.82, 2.24) is 0 Å². The van der Waals surface area contributed by atoms with Crippen molar-refractivity contribution in [2.24, 2.45) is 0 Å². The minimum atomic E-state index is -0.0609. The first-order valence-corrected chi connectivity index (χ1v) is 7.90. The van der Waals surface area contributed by atoms with Crippen LogP contribution < -0.4 is 18.9 Å². The number of aromatic hydroxyl groups is 1. The van der Waals surface area contributed by atoms with Crippen LogP contribution in [0.15, 0.2) is 24.3 Å². The van der Waals surface area contributed by atoms with E-state index < -0.39 is 0 Å². The number of phenolic OH excluding ortho intramolecular Hbond substituents is 1. The molecular weight excluding hydrogens is 324 g/mol. The topological polar surface area (TPSA) is 66.4 Å². The van der Waals surface area contributed by atoms with E-state index in [1.165, 1.54) is 7.11 Å².